The number of carbonyl (C=O) groups is 1. The molecule has 138 valence electrons. The van der Waals surface area contributed by atoms with Gasteiger partial charge < -0.3 is 5.32 Å². The zero-order valence-corrected chi connectivity index (χ0v) is 16.6. The molecule has 0 aromatic carbocycles. The second-order valence-electron chi connectivity index (χ2n) is 6.31. The molecule has 0 fully saturated rings. The molecule has 1 unspecified atom stereocenters. The molecule has 1 N–H and O–H groups in total. The van der Waals surface area contributed by atoms with Crippen LogP contribution in [0.3, 0.4) is 0 Å². The third-order valence-corrected chi connectivity index (χ3v) is 4.85. The number of nitrogens with one attached hydrogen (secondary N) is 1. The highest BCUT2D eigenvalue weighted by molar-refractivity contribution is 9.10. The molecule has 0 saturated heterocycles. The molecule has 25 heavy (non-hydrogen) atoms. The smallest absolute Gasteiger partial charge is 0.332 e. The fourth-order valence-electron chi connectivity index (χ4n) is 2.84. The van der Waals surface area contributed by atoms with Crippen LogP contribution in [0.4, 0.5) is 0 Å². The van der Waals surface area contributed by atoms with Crippen LogP contribution in [0.1, 0.15) is 39.5 Å². The zero-order chi connectivity index (χ0) is 18.7. The molecule has 8 nitrogen and oxygen atoms in total. The van der Waals surface area contributed by atoms with Crippen LogP contribution in [0.25, 0.3) is 11.2 Å². The minimum Gasteiger partial charge on any atom is -0.352 e. The van der Waals surface area contributed by atoms with Crippen molar-refractivity contribution in [3.63, 3.8) is 0 Å². The minimum atomic E-state index is -0.481. The summed E-state index contributed by atoms with van der Waals surface area (Å²) in [5, 5.41) is 2.95. The molecule has 0 bridgehead atoms. The van der Waals surface area contributed by atoms with Gasteiger partial charge in [-0.2, -0.15) is 0 Å². The normalized spacial score (nSPS) is 12.5. The first-order chi connectivity index (χ1) is 11.8. The molecule has 2 aromatic heterocycles. The number of fused-ring (bicyclic) bond motifs is 1. The number of unbranched alkanes of at least 4 members (excludes halogenated alkanes) is 2. The number of hydrogen-bond acceptors (Lipinski definition) is 4. The van der Waals surface area contributed by atoms with Crippen LogP contribution in [-0.4, -0.2) is 30.6 Å². The lowest BCUT2D eigenvalue weighted by Gasteiger charge is -2.15. The number of carbonyl (C=O) groups excluding carboxylic acids is 1. The van der Waals surface area contributed by atoms with Crippen molar-refractivity contribution in [3.8, 4) is 0 Å². The number of aryl methyl sites for hydroxylation is 1. The van der Waals surface area contributed by atoms with Crippen LogP contribution in [0.5, 0.6) is 0 Å². The largest absolute Gasteiger partial charge is 0.352 e. The van der Waals surface area contributed by atoms with Crippen molar-refractivity contribution in [2.24, 2.45) is 14.1 Å². The van der Waals surface area contributed by atoms with Gasteiger partial charge in [-0.1, -0.05) is 26.2 Å². The lowest BCUT2D eigenvalue weighted by Crippen LogP contribution is -2.38. The van der Waals surface area contributed by atoms with E-state index in [1.165, 1.54) is 16.2 Å². The summed E-state index contributed by atoms with van der Waals surface area (Å²) >= 11 is 3.28. The number of imidazole rings is 1. The lowest BCUT2D eigenvalue weighted by molar-refractivity contribution is -0.122. The van der Waals surface area contributed by atoms with Crippen molar-refractivity contribution < 1.29 is 4.79 Å². The maximum Gasteiger partial charge on any atom is 0.332 e. The molecular weight excluding hydrogens is 390 g/mol. The first kappa shape index (κ1) is 19.4. The first-order valence-electron chi connectivity index (χ1n) is 8.39. The molecule has 0 aliphatic rings. The average molecular weight is 414 g/mol. The zero-order valence-electron chi connectivity index (χ0n) is 15.0. The summed E-state index contributed by atoms with van der Waals surface area (Å²) < 4.78 is 4.20. The molecule has 1 atom stereocenters. The standard InChI is InChI=1S/C16H24BrN5O3/c1-5-6-7-8-10(2)18-11(23)9-22-13-12(19-15(22)17)14(24)21(4)16(25)20(13)3/h10H,5-9H2,1-4H3,(H,18,23). The van der Waals surface area contributed by atoms with Crippen molar-refractivity contribution >= 4 is 33.0 Å². The summed E-state index contributed by atoms with van der Waals surface area (Å²) in [6.45, 7) is 4.09. The van der Waals surface area contributed by atoms with Gasteiger partial charge in [0.2, 0.25) is 5.91 Å². The molecule has 1 amide bonds. The Bertz CT molecular complexity index is 896. The van der Waals surface area contributed by atoms with Gasteiger partial charge in [-0.3, -0.25) is 23.3 Å². The van der Waals surface area contributed by atoms with Crippen molar-refractivity contribution in [1.82, 2.24) is 24.0 Å². The van der Waals surface area contributed by atoms with Gasteiger partial charge in [0, 0.05) is 20.1 Å². The van der Waals surface area contributed by atoms with E-state index < -0.39 is 11.2 Å². The van der Waals surface area contributed by atoms with Gasteiger partial charge in [-0.05, 0) is 29.3 Å². The highest BCUT2D eigenvalue weighted by Gasteiger charge is 2.19. The Kier molecular flexibility index (Phi) is 6.21. The number of nitrogens with zero attached hydrogens (tertiary/aromatic N) is 4. The maximum atomic E-state index is 12.3. The second kappa shape index (κ2) is 7.99. The summed E-state index contributed by atoms with van der Waals surface area (Å²) in [5.74, 6) is -0.183. The predicted molar refractivity (Wildman–Crippen MR) is 99.7 cm³/mol. The monoisotopic (exact) mass is 413 g/mol. The van der Waals surface area contributed by atoms with E-state index in [0.29, 0.717) is 10.4 Å². The highest BCUT2D eigenvalue weighted by atomic mass is 79.9. The Balaban J connectivity index is 2.27. The van der Waals surface area contributed by atoms with Crippen LogP contribution in [0.2, 0.25) is 0 Å². The van der Waals surface area contributed by atoms with E-state index in [4.69, 9.17) is 0 Å². The topological polar surface area (TPSA) is 90.9 Å². The van der Waals surface area contributed by atoms with Gasteiger partial charge in [-0.15, -0.1) is 0 Å². The minimum absolute atomic E-state index is 0.0182. The van der Waals surface area contributed by atoms with E-state index in [2.05, 4.69) is 33.2 Å². The molecule has 2 heterocycles. The van der Waals surface area contributed by atoms with Crippen molar-refractivity contribution in [3.05, 3.63) is 25.6 Å². The Hall–Kier alpha value is -1.90. The van der Waals surface area contributed by atoms with E-state index in [0.717, 1.165) is 30.3 Å². The molecule has 0 saturated carbocycles. The average Bonchev–Trinajstić information content (AvgIpc) is 2.88. The molecule has 2 aromatic rings. The summed E-state index contributed by atoms with van der Waals surface area (Å²) in [7, 11) is 2.96. The number of hydrogen-bond donors (Lipinski definition) is 1. The van der Waals surface area contributed by atoms with E-state index in [1.54, 1.807) is 7.05 Å². The second-order valence-corrected chi connectivity index (χ2v) is 7.02. The summed E-state index contributed by atoms with van der Waals surface area (Å²) in [6.07, 6.45) is 4.27. The Morgan fingerprint density at radius 3 is 2.56 bits per heavy atom. The maximum absolute atomic E-state index is 12.3. The molecule has 0 aliphatic carbocycles. The first-order valence-corrected chi connectivity index (χ1v) is 9.18. The Labute approximate surface area is 154 Å². The van der Waals surface area contributed by atoms with E-state index >= 15 is 0 Å². The van der Waals surface area contributed by atoms with Gasteiger partial charge in [0.15, 0.2) is 15.9 Å². The van der Waals surface area contributed by atoms with Crippen LogP contribution >= 0.6 is 15.9 Å². The highest BCUT2D eigenvalue weighted by Crippen LogP contribution is 2.16. The molecular formula is C16H24BrN5O3. The molecule has 2 rings (SSSR count). The van der Waals surface area contributed by atoms with Gasteiger partial charge in [0.05, 0.1) is 0 Å². The van der Waals surface area contributed by atoms with Gasteiger partial charge in [0.1, 0.15) is 6.54 Å². The van der Waals surface area contributed by atoms with Gasteiger partial charge in [-0.25, -0.2) is 9.78 Å². The fraction of sp³-hybridized carbons (Fsp3) is 0.625. The van der Waals surface area contributed by atoms with Crippen LogP contribution < -0.4 is 16.6 Å². The number of halogens is 1. The van der Waals surface area contributed by atoms with Crippen molar-refractivity contribution in [1.29, 1.82) is 0 Å². The number of aromatic nitrogens is 4. The predicted octanol–water partition coefficient (Wildman–Crippen LogP) is 1.28. The Morgan fingerprint density at radius 2 is 1.92 bits per heavy atom. The number of rotatable bonds is 7. The lowest BCUT2D eigenvalue weighted by atomic mass is 10.1. The summed E-state index contributed by atoms with van der Waals surface area (Å²) in [5.41, 5.74) is -0.459. The summed E-state index contributed by atoms with van der Waals surface area (Å²) in [6, 6.07) is 0.0734. The molecule has 0 spiro atoms. The van der Waals surface area contributed by atoms with Gasteiger partial charge >= 0.3 is 5.69 Å². The quantitative estimate of drug-likeness (QED) is 0.546. The van der Waals surface area contributed by atoms with Crippen LogP contribution in [0.15, 0.2) is 14.3 Å². The summed E-state index contributed by atoms with van der Waals surface area (Å²) in [4.78, 5) is 40.9. The SMILES string of the molecule is CCCCCC(C)NC(=O)Cn1c(Br)nc2c(=O)n(C)c(=O)n(C)c21. The molecule has 0 radical (unpaired) electrons. The van der Waals surface area contributed by atoms with E-state index in [1.807, 2.05) is 6.92 Å². The van der Waals surface area contributed by atoms with Crippen LogP contribution in [-0.2, 0) is 25.4 Å². The Morgan fingerprint density at radius 1 is 1.24 bits per heavy atom. The molecule has 0 aliphatic heterocycles. The fourth-order valence-corrected chi connectivity index (χ4v) is 3.31. The van der Waals surface area contributed by atoms with Crippen LogP contribution in [0, 0.1) is 0 Å². The van der Waals surface area contributed by atoms with E-state index in [-0.39, 0.29) is 24.0 Å². The molecule has 9 heteroatoms. The van der Waals surface area contributed by atoms with E-state index in [9.17, 15) is 14.4 Å². The third kappa shape index (κ3) is 4.02. The van der Waals surface area contributed by atoms with Crippen molar-refractivity contribution in [2.75, 3.05) is 0 Å². The van der Waals surface area contributed by atoms with Crippen molar-refractivity contribution in [2.45, 2.75) is 52.1 Å². The third-order valence-electron chi connectivity index (χ3n) is 4.24. The van der Waals surface area contributed by atoms with Gasteiger partial charge in [0.25, 0.3) is 5.56 Å². The number of amides is 1.